The van der Waals surface area contributed by atoms with Gasteiger partial charge in [0.05, 0.1) is 12.8 Å². The van der Waals surface area contributed by atoms with Crippen molar-refractivity contribution in [1.29, 1.82) is 0 Å². The first kappa shape index (κ1) is 19.1. The minimum Gasteiger partial charge on any atom is -0.481 e. The minimum atomic E-state index is -5.15. The predicted molar refractivity (Wildman–Crippen MR) is 47.1 cm³/mol. The molecule has 10 nitrogen and oxygen atoms in total. The van der Waals surface area contributed by atoms with Gasteiger partial charge in [-0.25, -0.2) is 4.79 Å². The second kappa shape index (κ2) is 6.64. The van der Waals surface area contributed by atoms with Gasteiger partial charge in [0.25, 0.3) is 0 Å². The Labute approximate surface area is 110 Å². The van der Waals surface area contributed by atoms with Crippen molar-refractivity contribution in [1.82, 2.24) is 0 Å². The predicted octanol–water partition coefficient (Wildman–Crippen LogP) is -1.99. The molecule has 0 spiro atoms. The summed E-state index contributed by atoms with van der Waals surface area (Å²) in [5, 5.41) is 26.1. The van der Waals surface area contributed by atoms with Crippen LogP contribution in [0.4, 0.5) is 0 Å². The zero-order valence-corrected chi connectivity index (χ0v) is 10.2. The van der Waals surface area contributed by atoms with E-state index in [-0.39, 0.29) is 16.5 Å². The molecule has 0 aromatic rings. The molecule has 18 heavy (non-hydrogen) atoms. The normalized spacial score (nSPS) is 13.9. The van der Waals surface area contributed by atoms with E-state index in [9.17, 15) is 27.9 Å². The van der Waals surface area contributed by atoms with Gasteiger partial charge in [-0.2, -0.15) is 8.42 Å². The van der Waals surface area contributed by atoms with Crippen LogP contribution in [0.2, 0.25) is 0 Å². The van der Waals surface area contributed by atoms with E-state index in [0.717, 1.165) is 0 Å². The van der Waals surface area contributed by atoms with Crippen LogP contribution < -0.4 is 0 Å². The number of aliphatic hydroxyl groups is 1. The number of aliphatic carboxylic acids is 2. The van der Waals surface area contributed by atoms with Crippen LogP contribution in [-0.4, -0.2) is 51.8 Å². The number of hydrogen-bond acceptors (Lipinski definition) is 7. The fourth-order valence-electron chi connectivity index (χ4n) is 0.850. The van der Waals surface area contributed by atoms with Crippen LogP contribution in [0.5, 0.6) is 0 Å². The monoisotopic (exact) mass is 330 g/mol. The number of carbonyl (C=O) groups excluding carboxylic acids is 1. The zero-order valence-electron chi connectivity index (χ0n) is 8.38. The topological polar surface area (TPSA) is 175 Å². The maximum absolute atomic E-state index is 10.8. The third-order valence-electron chi connectivity index (χ3n) is 1.48. The van der Waals surface area contributed by atoms with E-state index >= 15 is 0 Å². The molecule has 0 aliphatic rings. The quantitative estimate of drug-likeness (QED) is 0.315. The molecule has 0 aliphatic carbocycles. The summed E-state index contributed by atoms with van der Waals surface area (Å²) in [6.07, 6.45) is -2.79. The fourth-order valence-corrected chi connectivity index (χ4v) is 1.14. The van der Waals surface area contributed by atoms with Gasteiger partial charge in [-0.15, -0.1) is 0 Å². The molecule has 0 bridgehead atoms. The molecule has 0 aromatic heterocycles. The van der Waals surface area contributed by atoms with Gasteiger partial charge < -0.3 is 19.5 Å². The van der Waals surface area contributed by atoms with Gasteiger partial charge in [0.15, 0.2) is 5.60 Å². The van der Waals surface area contributed by atoms with Crippen molar-refractivity contribution < 1.29 is 63.3 Å². The van der Waals surface area contributed by atoms with Crippen molar-refractivity contribution in [2.75, 3.05) is 0 Å². The summed E-state index contributed by atoms with van der Waals surface area (Å²) in [5.74, 6) is -5.58. The van der Waals surface area contributed by atoms with Gasteiger partial charge >= 0.3 is 28.3 Å². The summed E-state index contributed by atoms with van der Waals surface area (Å²) in [5.41, 5.74) is -3.02. The number of carboxylic acid groups (broad SMARTS) is 2. The molecule has 4 N–H and O–H groups in total. The molecule has 1 atom stereocenters. The molecule has 0 fully saturated rings. The summed E-state index contributed by atoms with van der Waals surface area (Å²) < 4.78 is 31.6. The average molecular weight is 331 g/mol. The van der Waals surface area contributed by atoms with Crippen LogP contribution in [0.15, 0.2) is 0 Å². The molecule has 0 amide bonds. The molecular formula is C6H8NiO10S. The van der Waals surface area contributed by atoms with Crippen LogP contribution in [0.1, 0.15) is 12.8 Å². The van der Waals surface area contributed by atoms with E-state index in [4.69, 9.17) is 14.8 Å². The van der Waals surface area contributed by atoms with Crippen LogP contribution >= 0.6 is 0 Å². The van der Waals surface area contributed by atoms with Crippen molar-refractivity contribution in [3.8, 4) is 0 Å². The van der Waals surface area contributed by atoms with Gasteiger partial charge in [0.2, 0.25) is 0 Å². The Kier molecular flexibility index (Phi) is 7.05. The average Bonchev–Trinajstić information content (AvgIpc) is 1.96. The summed E-state index contributed by atoms with van der Waals surface area (Å²) >= 11 is 0. The summed E-state index contributed by atoms with van der Waals surface area (Å²) in [7, 11) is -5.15. The third-order valence-corrected chi connectivity index (χ3v) is 1.87. The maximum atomic E-state index is 10.8. The molecule has 0 rings (SSSR count). The van der Waals surface area contributed by atoms with Crippen molar-refractivity contribution in [3.05, 3.63) is 0 Å². The Morgan fingerprint density at radius 2 is 1.56 bits per heavy atom. The van der Waals surface area contributed by atoms with E-state index in [2.05, 4.69) is 4.18 Å². The molecule has 0 saturated heterocycles. The maximum Gasteiger partial charge on any atom is 0.448 e. The van der Waals surface area contributed by atoms with E-state index in [1.54, 1.807) is 0 Å². The second-order valence-corrected chi connectivity index (χ2v) is 3.99. The SMILES string of the molecule is O=C(O)CC(O)(CC(=O)OS(=O)(=O)O)C(=O)O.[Ni]. The molecule has 108 valence electrons. The molecule has 0 heterocycles. The van der Waals surface area contributed by atoms with E-state index in [1.807, 2.05) is 0 Å². The first-order chi connectivity index (χ1) is 7.46. The second-order valence-electron chi connectivity index (χ2n) is 2.97. The van der Waals surface area contributed by atoms with Gasteiger partial charge in [0.1, 0.15) is 0 Å². The minimum absolute atomic E-state index is 0. The third kappa shape index (κ3) is 7.17. The van der Waals surface area contributed by atoms with Crippen molar-refractivity contribution in [2.24, 2.45) is 0 Å². The molecular weight excluding hydrogens is 323 g/mol. The number of rotatable bonds is 6. The Bertz CT molecular complexity index is 441. The van der Waals surface area contributed by atoms with Crippen LogP contribution in [-0.2, 0) is 45.5 Å². The van der Waals surface area contributed by atoms with Crippen LogP contribution in [0.25, 0.3) is 0 Å². The van der Waals surface area contributed by atoms with E-state index < -0.39 is 46.7 Å². The molecule has 12 heteroatoms. The largest absolute Gasteiger partial charge is 0.481 e. The van der Waals surface area contributed by atoms with E-state index in [0.29, 0.717) is 0 Å². The molecule has 1 unspecified atom stereocenters. The number of carbonyl (C=O) groups is 3. The fraction of sp³-hybridized carbons (Fsp3) is 0.500. The van der Waals surface area contributed by atoms with Crippen molar-refractivity contribution >= 4 is 28.3 Å². The van der Waals surface area contributed by atoms with E-state index in [1.165, 1.54) is 0 Å². The molecule has 0 saturated carbocycles. The van der Waals surface area contributed by atoms with Gasteiger partial charge in [-0.05, 0) is 0 Å². The Morgan fingerprint density at radius 3 is 1.83 bits per heavy atom. The molecule has 0 aliphatic heterocycles. The smallest absolute Gasteiger partial charge is 0.448 e. The first-order valence-electron chi connectivity index (χ1n) is 3.83. The summed E-state index contributed by atoms with van der Waals surface area (Å²) in [6, 6.07) is 0. The molecule has 0 aromatic carbocycles. The summed E-state index contributed by atoms with van der Waals surface area (Å²) in [6.45, 7) is 0. The van der Waals surface area contributed by atoms with Crippen LogP contribution in [0, 0.1) is 0 Å². The number of hydrogen-bond donors (Lipinski definition) is 4. The Balaban J connectivity index is 0. The zero-order chi connectivity index (χ0) is 13.9. The van der Waals surface area contributed by atoms with Gasteiger partial charge in [-0.3, -0.25) is 14.1 Å². The summed E-state index contributed by atoms with van der Waals surface area (Å²) in [4.78, 5) is 31.6. The van der Waals surface area contributed by atoms with Crippen LogP contribution in [0.3, 0.4) is 0 Å². The molecule has 0 radical (unpaired) electrons. The number of carboxylic acids is 2. The Hall–Kier alpha value is -1.23. The van der Waals surface area contributed by atoms with Crippen molar-refractivity contribution in [3.63, 3.8) is 0 Å². The first-order valence-corrected chi connectivity index (χ1v) is 5.20. The van der Waals surface area contributed by atoms with Gasteiger partial charge in [0, 0.05) is 16.5 Å². The van der Waals surface area contributed by atoms with Crippen molar-refractivity contribution in [2.45, 2.75) is 18.4 Å². The standard InChI is InChI=1S/C6H8O10S.Ni/c7-3(8)1-6(12,5(10)11)2-4(9)16-17(13,14)15;/h12H,1-2H2,(H,7,8)(H,10,11)(H,13,14,15);. The van der Waals surface area contributed by atoms with Gasteiger partial charge in [-0.1, -0.05) is 0 Å². The Morgan fingerprint density at radius 1 is 1.11 bits per heavy atom.